The summed E-state index contributed by atoms with van der Waals surface area (Å²) in [7, 11) is 0. The molecule has 5 nitrogen and oxygen atoms in total. The lowest BCUT2D eigenvalue weighted by Crippen LogP contribution is -2.25. The summed E-state index contributed by atoms with van der Waals surface area (Å²) in [5, 5.41) is 5.03. The summed E-state index contributed by atoms with van der Waals surface area (Å²) < 4.78 is 44.3. The number of carbonyl (C=O) groups is 2. The Hall–Kier alpha value is -3.81. The van der Waals surface area contributed by atoms with Gasteiger partial charge >= 0.3 is 6.18 Å². The number of ether oxygens (including phenoxy) is 1. The molecular weight excluding hydrogens is 421 g/mol. The minimum absolute atomic E-state index is 0.242. The Labute approximate surface area is 183 Å². The zero-order chi connectivity index (χ0) is 23.0. The minimum atomic E-state index is -4.58. The van der Waals surface area contributed by atoms with Crippen molar-refractivity contribution >= 4 is 17.5 Å². The number of benzene rings is 3. The average molecular weight is 442 g/mol. The van der Waals surface area contributed by atoms with Gasteiger partial charge in [0.15, 0.2) is 6.61 Å². The quantitative estimate of drug-likeness (QED) is 0.532. The maximum atomic E-state index is 13.0. The number of nitrogens with one attached hydrogen (secondary N) is 2. The summed E-state index contributed by atoms with van der Waals surface area (Å²) in [6, 6.07) is 20.6. The molecule has 2 amide bonds. The van der Waals surface area contributed by atoms with Gasteiger partial charge in [-0.1, -0.05) is 42.5 Å². The molecule has 3 aromatic carbocycles. The van der Waals surface area contributed by atoms with Crippen LogP contribution in [-0.4, -0.2) is 25.0 Å². The molecule has 0 bridgehead atoms. The molecule has 8 heteroatoms. The third kappa shape index (κ3) is 6.60. The average Bonchev–Trinajstić information content (AvgIpc) is 2.78. The van der Waals surface area contributed by atoms with E-state index >= 15 is 0 Å². The van der Waals surface area contributed by atoms with Gasteiger partial charge in [0.25, 0.3) is 11.8 Å². The molecule has 0 aliphatic rings. The van der Waals surface area contributed by atoms with Crippen molar-refractivity contribution in [3.63, 3.8) is 0 Å². The first kappa shape index (κ1) is 22.9. The standard InChI is InChI=1S/C24H21F3N2O3/c25-24(26,27)20-8-4-5-9-21(20)29-22(30)16-32-19-12-10-18(11-13-19)23(31)28-15-14-17-6-2-1-3-7-17/h1-13H,14-16H2,(H,28,31)(H,29,30). The molecule has 166 valence electrons. The van der Waals surface area contributed by atoms with Crippen LogP contribution in [0.2, 0.25) is 0 Å². The largest absolute Gasteiger partial charge is 0.484 e. The molecule has 3 aromatic rings. The first-order valence-electron chi connectivity index (χ1n) is 9.84. The van der Waals surface area contributed by atoms with Crippen molar-refractivity contribution < 1.29 is 27.5 Å². The van der Waals surface area contributed by atoms with Crippen molar-refractivity contribution in [2.75, 3.05) is 18.5 Å². The maximum absolute atomic E-state index is 13.0. The normalized spacial score (nSPS) is 11.0. The predicted molar refractivity (Wildman–Crippen MR) is 114 cm³/mol. The van der Waals surface area contributed by atoms with Crippen LogP contribution in [0.5, 0.6) is 5.75 Å². The van der Waals surface area contributed by atoms with Gasteiger partial charge in [-0.05, 0) is 48.4 Å². The third-order valence-corrected chi connectivity index (χ3v) is 4.54. The van der Waals surface area contributed by atoms with Crippen molar-refractivity contribution in [2.24, 2.45) is 0 Å². The number of anilines is 1. The summed E-state index contributed by atoms with van der Waals surface area (Å²) in [5.74, 6) is -0.663. The molecule has 0 spiro atoms. The molecule has 0 aromatic heterocycles. The van der Waals surface area contributed by atoms with Gasteiger partial charge in [0.1, 0.15) is 5.75 Å². The van der Waals surface area contributed by atoms with Crippen molar-refractivity contribution in [3.05, 3.63) is 95.6 Å². The topological polar surface area (TPSA) is 67.4 Å². The zero-order valence-electron chi connectivity index (χ0n) is 17.0. The fourth-order valence-corrected chi connectivity index (χ4v) is 2.94. The molecule has 0 fully saturated rings. The van der Waals surface area contributed by atoms with Gasteiger partial charge in [-0.2, -0.15) is 13.2 Å². The number of amides is 2. The Balaban J connectivity index is 1.47. The van der Waals surface area contributed by atoms with Crippen LogP contribution in [0.3, 0.4) is 0 Å². The SMILES string of the molecule is O=C(COc1ccc(C(=O)NCCc2ccccc2)cc1)Nc1ccccc1C(F)(F)F. The van der Waals surface area contributed by atoms with Gasteiger partial charge in [-0.25, -0.2) is 0 Å². The summed E-state index contributed by atoms with van der Waals surface area (Å²) >= 11 is 0. The van der Waals surface area contributed by atoms with Crippen molar-refractivity contribution in [2.45, 2.75) is 12.6 Å². The van der Waals surface area contributed by atoms with Gasteiger partial charge in [0, 0.05) is 12.1 Å². The Morgan fingerprint density at radius 1 is 0.844 bits per heavy atom. The molecule has 3 rings (SSSR count). The van der Waals surface area contributed by atoms with Crippen LogP contribution in [-0.2, 0) is 17.4 Å². The summed E-state index contributed by atoms with van der Waals surface area (Å²) in [4.78, 5) is 24.2. The Morgan fingerprint density at radius 2 is 1.50 bits per heavy atom. The van der Waals surface area contributed by atoms with Crippen LogP contribution >= 0.6 is 0 Å². The van der Waals surface area contributed by atoms with Crippen LogP contribution in [0.1, 0.15) is 21.5 Å². The van der Waals surface area contributed by atoms with E-state index in [0.29, 0.717) is 24.3 Å². The minimum Gasteiger partial charge on any atom is -0.484 e. The Morgan fingerprint density at radius 3 is 2.19 bits per heavy atom. The van der Waals surface area contributed by atoms with E-state index in [1.807, 2.05) is 30.3 Å². The molecule has 0 saturated heterocycles. The van der Waals surface area contributed by atoms with Crippen molar-refractivity contribution in [3.8, 4) is 5.75 Å². The van der Waals surface area contributed by atoms with E-state index < -0.39 is 24.3 Å². The summed E-state index contributed by atoms with van der Waals surface area (Å²) in [6.45, 7) is 0.00940. The van der Waals surface area contributed by atoms with Crippen molar-refractivity contribution in [1.29, 1.82) is 0 Å². The van der Waals surface area contributed by atoms with Crippen LogP contribution in [0.15, 0.2) is 78.9 Å². The third-order valence-electron chi connectivity index (χ3n) is 4.54. The van der Waals surface area contributed by atoms with Gasteiger partial charge in [0.2, 0.25) is 0 Å². The highest BCUT2D eigenvalue weighted by atomic mass is 19.4. The lowest BCUT2D eigenvalue weighted by Gasteiger charge is -2.14. The Kier molecular flexibility index (Phi) is 7.49. The second-order valence-corrected chi connectivity index (χ2v) is 6.90. The highest BCUT2D eigenvalue weighted by molar-refractivity contribution is 5.94. The lowest BCUT2D eigenvalue weighted by molar-refractivity contribution is -0.137. The van der Waals surface area contributed by atoms with Crippen LogP contribution in [0.25, 0.3) is 0 Å². The van der Waals surface area contributed by atoms with E-state index in [0.717, 1.165) is 11.6 Å². The van der Waals surface area contributed by atoms with E-state index in [4.69, 9.17) is 4.74 Å². The van der Waals surface area contributed by atoms with E-state index in [9.17, 15) is 22.8 Å². The van der Waals surface area contributed by atoms with Gasteiger partial charge in [-0.3, -0.25) is 9.59 Å². The highest BCUT2D eigenvalue weighted by Crippen LogP contribution is 2.34. The highest BCUT2D eigenvalue weighted by Gasteiger charge is 2.33. The fourth-order valence-electron chi connectivity index (χ4n) is 2.94. The monoisotopic (exact) mass is 442 g/mol. The Bertz CT molecular complexity index is 1050. The number of halogens is 3. The molecule has 32 heavy (non-hydrogen) atoms. The van der Waals surface area contributed by atoms with Crippen LogP contribution in [0.4, 0.5) is 18.9 Å². The molecule has 0 aliphatic carbocycles. The first-order chi connectivity index (χ1) is 15.3. The fraction of sp³-hybridized carbons (Fsp3) is 0.167. The number of alkyl halides is 3. The van der Waals surface area contributed by atoms with E-state index in [-0.39, 0.29) is 11.6 Å². The number of hydrogen-bond donors (Lipinski definition) is 2. The number of rotatable bonds is 8. The molecular formula is C24H21F3N2O3. The molecule has 0 heterocycles. The van der Waals surface area contributed by atoms with Gasteiger partial charge < -0.3 is 15.4 Å². The van der Waals surface area contributed by atoms with Gasteiger partial charge in [-0.15, -0.1) is 0 Å². The second-order valence-electron chi connectivity index (χ2n) is 6.90. The first-order valence-corrected chi connectivity index (χ1v) is 9.84. The van der Waals surface area contributed by atoms with E-state index in [1.54, 1.807) is 12.1 Å². The number of hydrogen-bond acceptors (Lipinski definition) is 3. The summed E-state index contributed by atoms with van der Waals surface area (Å²) in [6.07, 6.45) is -3.87. The molecule has 2 N–H and O–H groups in total. The zero-order valence-corrected chi connectivity index (χ0v) is 17.0. The van der Waals surface area contributed by atoms with Gasteiger partial charge in [0.05, 0.1) is 11.3 Å². The van der Waals surface area contributed by atoms with E-state index in [1.165, 1.54) is 30.3 Å². The molecule has 0 aliphatic heterocycles. The second kappa shape index (κ2) is 10.5. The van der Waals surface area contributed by atoms with E-state index in [2.05, 4.69) is 10.6 Å². The van der Waals surface area contributed by atoms with Crippen LogP contribution in [0, 0.1) is 0 Å². The number of para-hydroxylation sites is 1. The molecule has 0 unspecified atom stereocenters. The predicted octanol–water partition coefficient (Wildman–Crippen LogP) is 4.70. The molecule has 0 atom stereocenters. The lowest BCUT2D eigenvalue weighted by atomic mass is 10.1. The van der Waals surface area contributed by atoms with Crippen LogP contribution < -0.4 is 15.4 Å². The smallest absolute Gasteiger partial charge is 0.418 e. The summed E-state index contributed by atoms with van der Waals surface area (Å²) in [5.41, 5.74) is 0.272. The van der Waals surface area contributed by atoms with Crippen molar-refractivity contribution in [1.82, 2.24) is 5.32 Å². The molecule has 0 radical (unpaired) electrons. The number of carbonyl (C=O) groups excluding carboxylic acids is 2. The molecule has 0 saturated carbocycles. The maximum Gasteiger partial charge on any atom is 0.418 e.